The van der Waals surface area contributed by atoms with E-state index in [1.165, 1.54) is 0 Å². The van der Waals surface area contributed by atoms with E-state index >= 15 is 0 Å². The first-order valence-corrected chi connectivity index (χ1v) is 8.44. The Hall–Kier alpha value is -0.801. The third-order valence-electron chi connectivity index (χ3n) is 1.79. The SMILES string of the molecule is CC(C)(C)C=N[C-]=NC(C)(C)C.CC(C)(C)C=N[C-]=NC(C)(C)C.[Mn+2]. The Morgan fingerprint density at radius 3 is 0.920 bits per heavy atom. The molecule has 0 saturated carbocycles. The zero-order chi connectivity index (χ0) is 19.7. The molecule has 0 rings (SSSR count). The van der Waals surface area contributed by atoms with Crippen LogP contribution in [0.1, 0.15) is 83.1 Å². The van der Waals surface area contributed by atoms with Gasteiger partial charge in [0.05, 0.1) is 0 Å². The summed E-state index contributed by atoms with van der Waals surface area (Å²) in [6, 6.07) is 0. The summed E-state index contributed by atoms with van der Waals surface area (Å²) in [6.45, 7) is 24.7. The summed E-state index contributed by atoms with van der Waals surface area (Å²) in [6.07, 6.45) is 9.05. The summed E-state index contributed by atoms with van der Waals surface area (Å²) in [4.78, 5) is 16.2. The monoisotopic (exact) mass is 389 g/mol. The fourth-order valence-corrected chi connectivity index (χ4v) is 0.803. The minimum Gasteiger partial charge on any atom is -0.443 e. The first kappa shape index (κ1) is 29.0. The normalized spacial score (nSPS) is 14.2. The number of aliphatic imine (C=N–C) groups is 4. The molecule has 0 aromatic carbocycles. The second kappa shape index (κ2) is 11.7. The van der Waals surface area contributed by atoms with E-state index in [2.05, 4.69) is 74.2 Å². The third-order valence-corrected chi connectivity index (χ3v) is 1.79. The van der Waals surface area contributed by atoms with Gasteiger partial charge < -0.3 is 20.0 Å². The Morgan fingerprint density at radius 1 is 0.520 bits per heavy atom. The van der Waals surface area contributed by atoms with Crippen molar-refractivity contribution in [3.05, 3.63) is 0 Å². The van der Waals surface area contributed by atoms with Crippen LogP contribution in [-0.2, 0) is 17.1 Å². The summed E-state index contributed by atoms with van der Waals surface area (Å²) >= 11 is 0. The maximum Gasteiger partial charge on any atom is 2.00 e. The standard InChI is InChI=1S/2C10H19N2.Mn/c2*1-9(2,3)7-11-8-12-10(4,5)6;/h2*7H,1-6H3;/q2*-1;+2. The molecule has 0 aliphatic rings. The van der Waals surface area contributed by atoms with Gasteiger partial charge in [-0.1, -0.05) is 65.0 Å². The van der Waals surface area contributed by atoms with E-state index < -0.39 is 0 Å². The molecule has 0 aromatic rings. The van der Waals surface area contributed by atoms with Crippen LogP contribution in [0, 0.1) is 10.8 Å². The minimum absolute atomic E-state index is 0. The van der Waals surface area contributed by atoms with Crippen molar-refractivity contribution in [2.24, 2.45) is 30.8 Å². The van der Waals surface area contributed by atoms with Crippen molar-refractivity contribution >= 4 is 25.1 Å². The Kier molecular flexibility index (Phi) is 13.6. The molecule has 0 N–H and O–H groups in total. The molecule has 145 valence electrons. The molecule has 0 fully saturated rings. The van der Waals surface area contributed by atoms with Gasteiger partial charge in [-0.25, -0.2) is 0 Å². The number of nitrogens with zero attached hydrogens (tertiary/aromatic N) is 4. The molecule has 0 aliphatic carbocycles. The van der Waals surface area contributed by atoms with Crippen molar-refractivity contribution in [3.63, 3.8) is 0 Å². The largest absolute Gasteiger partial charge is 2.00 e. The van der Waals surface area contributed by atoms with Gasteiger partial charge in [0.25, 0.3) is 0 Å². The van der Waals surface area contributed by atoms with E-state index in [1.54, 1.807) is 0 Å². The summed E-state index contributed by atoms with van der Waals surface area (Å²) in [5, 5.41) is 0. The predicted octanol–water partition coefficient (Wildman–Crippen LogP) is 5.61. The van der Waals surface area contributed by atoms with Gasteiger partial charge in [0.2, 0.25) is 0 Å². The molecule has 0 spiro atoms. The number of hydrogen-bond acceptors (Lipinski definition) is 2. The second-order valence-electron chi connectivity index (χ2n) is 10.0. The molecular formula is C20H38MnN4. The second-order valence-corrected chi connectivity index (χ2v) is 10.0. The van der Waals surface area contributed by atoms with Crippen LogP contribution in [0.5, 0.6) is 0 Å². The quantitative estimate of drug-likeness (QED) is 0.255. The number of hydrogen-bond donors (Lipinski definition) is 0. The molecule has 0 aromatic heterocycles. The first-order chi connectivity index (χ1) is 10.4. The van der Waals surface area contributed by atoms with Crippen LogP contribution in [0.25, 0.3) is 0 Å². The topological polar surface area (TPSA) is 49.4 Å². The smallest absolute Gasteiger partial charge is 0.443 e. The van der Waals surface area contributed by atoms with E-state index in [0.29, 0.717) is 0 Å². The summed E-state index contributed by atoms with van der Waals surface area (Å²) in [5.41, 5.74) is 0.0747. The van der Waals surface area contributed by atoms with Crippen LogP contribution in [0.3, 0.4) is 0 Å². The Labute approximate surface area is 167 Å². The number of rotatable bonds is 2. The summed E-state index contributed by atoms with van der Waals surface area (Å²) in [5.74, 6) is 0. The van der Waals surface area contributed by atoms with E-state index in [-0.39, 0.29) is 39.0 Å². The van der Waals surface area contributed by atoms with Crippen molar-refractivity contribution in [1.82, 2.24) is 0 Å². The molecule has 4 nitrogen and oxygen atoms in total. The third kappa shape index (κ3) is 35.2. The average molecular weight is 389 g/mol. The van der Waals surface area contributed by atoms with E-state index in [4.69, 9.17) is 0 Å². The van der Waals surface area contributed by atoms with Crippen molar-refractivity contribution in [3.8, 4) is 0 Å². The maximum atomic E-state index is 4.11. The molecule has 0 aliphatic heterocycles. The van der Waals surface area contributed by atoms with E-state index in [1.807, 2.05) is 54.0 Å². The zero-order valence-electron chi connectivity index (χ0n) is 18.3. The molecule has 5 heteroatoms. The molecule has 0 amide bonds. The van der Waals surface area contributed by atoms with Crippen LogP contribution in [0.4, 0.5) is 0 Å². The molecule has 25 heavy (non-hydrogen) atoms. The van der Waals surface area contributed by atoms with Gasteiger partial charge in [-0.2, -0.15) is 0 Å². The van der Waals surface area contributed by atoms with Crippen LogP contribution >= 0.6 is 0 Å². The molecule has 0 heterocycles. The summed E-state index contributed by atoms with van der Waals surface area (Å²) in [7, 11) is 0. The van der Waals surface area contributed by atoms with Gasteiger partial charge in [-0.3, -0.25) is 0 Å². The zero-order valence-corrected chi connectivity index (χ0v) is 19.5. The Balaban J connectivity index is -0.000000372. The molecule has 0 atom stereocenters. The van der Waals surface area contributed by atoms with Gasteiger partial charge >= 0.3 is 17.1 Å². The van der Waals surface area contributed by atoms with E-state index in [9.17, 15) is 0 Å². The van der Waals surface area contributed by atoms with Crippen LogP contribution < -0.4 is 0 Å². The van der Waals surface area contributed by atoms with Crippen molar-refractivity contribution in [1.29, 1.82) is 0 Å². The van der Waals surface area contributed by atoms with Crippen LogP contribution in [0.2, 0.25) is 0 Å². The van der Waals surface area contributed by atoms with Crippen LogP contribution in [0.15, 0.2) is 20.0 Å². The fraction of sp³-hybridized carbons (Fsp3) is 0.800. The van der Waals surface area contributed by atoms with Gasteiger partial charge in [-0.15, -0.1) is 12.4 Å². The summed E-state index contributed by atoms with van der Waals surface area (Å²) < 4.78 is 0. The Morgan fingerprint density at radius 2 is 0.760 bits per heavy atom. The van der Waals surface area contributed by atoms with Crippen molar-refractivity contribution in [2.75, 3.05) is 0 Å². The van der Waals surface area contributed by atoms with Gasteiger partial charge in [0.15, 0.2) is 0 Å². The van der Waals surface area contributed by atoms with Crippen LogP contribution in [-0.4, -0.2) is 36.2 Å². The molecule has 0 unspecified atom stereocenters. The maximum absolute atomic E-state index is 4.11. The fourth-order valence-electron chi connectivity index (χ4n) is 0.803. The molecule has 1 radical (unpaired) electrons. The van der Waals surface area contributed by atoms with Crippen molar-refractivity contribution < 1.29 is 17.1 Å². The molecule has 0 saturated heterocycles. The molecule has 0 bridgehead atoms. The van der Waals surface area contributed by atoms with Crippen molar-refractivity contribution in [2.45, 2.75) is 94.2 Å². The first-order valence-electron chi connectivity index (χ1n) is 8.44. The van der Waals surface area contributed by atoms with Gasteiger partial charge in [0, 0.05) is 11.1 Å². The Bertz CT molecular complexity index is 360. The van der Waals surface area contributed by atoms with Gasteiger partial charge in [-0.05, 0) is 41.5 Å². The van der Waals surface area contributed by atoms with E-state index in [0.717, 1.165) is 0 Å². The van der Waals surface area contributed by atoms with Gasteiger partial charge in [0.1, 0.15) is 0 Å². The minimum atomic E-state index is -0.0742. The predicted molar refractivity (Wildman–Crippen MR) is 110 cm³/mol. The average Bonchev–Trinajstić information content (AvgIpc) is 2.27. The molecular weight excluding hydrogens is 351 g/mol.